The molecule has 0 atom stereocenters. The largest absolute Gasteiger partial charge is 0.479 e. The molecule has 2 aromatic heterocycles. The molecule has 14 nitrogen and oxygen atoms in total. The van der Waals surface area contributed by atoms with Gasteiger partial charge in [-0.2, -0.15) is 9.97 Å². The summed E-state index contributed by atoms with van der Waals surface area (Å²) in [6.45, 7) is 11.1. The summed E-state index contributed by atoms with van der Waals surface area (Å²) < 4.78 is 14.9. The second-order valence-electron chi connectivity index (χ2n) is 12.9. The van der Waals surface area contributed by atoms with Crippen LogP contribution in [0.15, 0.2) is 70.8 Å². The number of pyridine rings is 2. The zero-order chi connectivity index (χ0) is 34.3. The number of hydrogen-bond donors (Lipinski definition) is 1. The molecule has 6 heterocycles. The van der Waals surface area contributed by atoms with Crippen molar-refractivity contribution >= 4 is 23.4 Å². The number of anilines is 2. The zero-order valence-corrected chi connectivity index (χ0v) is 28.2. The topological polar surface area (TPSA) is 145 Å². The van der Waals surface area contributed by atoms with Crippen molar-refractivity contribution in [1.29, 1.82) is 0 Å². The van der Waals surface area contributed by atoms with E-state index in [1.54, 1.807) is 42.1 Å². The highest BCUT2D eigenvalue weighted by atomic mass is 16.6. The molecule has 1 fully saturated rings. The first kappa shape index (κ1) is 31.8. The second-order valence-corrected chi connectivity index (χ2v) is 12.9. The number of carbonyl (C=O) groups excluding carboxylic acids is 1. The van der Waals surface area contributed by atoms with E-state index < -0.39 is 5.60 Å². The van der Waals surface area contributed by atoms with Crippen molar-refractivity contribution in [2.24, 2.45) is 4.99 Å². The van der Waals surface area contributed by atoms with Crippen LogP contribution >= 0.6 is 0 Å². The van der Waals surface area contributed by atoms with Gasteiger partial charge in [0, 0.05) is 74.7 Å². The van der Waals surface area contributed by atoms with Crippen molar-refractivity contribution in [3.63, 3.8) is 0 Å². The Balaban J connectivity index is 1.14. The summed E-state index contributed by atoms with van der Waals surface area (Å²) in [7, 11) is 1.56. The summed E-state index contributed by atoms with van der Waals surface area (Å²) in [6, 6.07) is 13.7. The number of fused-ring (bicyclic) bond motifs is 3. The number of amides is 1. The average Bonchev–Trinajstić information content (AvgIpc) is 3.60. The van der Waals surface area contributed by atoms with Crippen LogP contribution in [0.25, 0.3) is 28.2 Å². The minimum absolute atomic E-state index is 0.142. The first-order valence-electron chi connectivity index (χ1n) is 16.2. The monoisotopic (exact) mass is 662 g/mol. The molecule has 0 spiro atoms. The first-order chi connectivity index (χ1) is 23.6. The fourth-order valence-electron chi connectivity index (χ4n) is 6.04. The van der Waals surface area contributed by atoms with E-state index in [1.807, 2.05) is 57.2 Å². The maximum Gasteiger partial charge on any atom is 0.410 e. The Morgan fingerprint density at radius 3 is 2.47 bits per heavy atom. The van der Waals surface area contributed by atoms with E-state index in [2.05, 4.69) is 30.8 Å². The molecule has 0 aliphatic carbocycles. The van der Waals surface area contributed by atoms with Gasteiger partial charge in [0.1, 0.15) is 34.4 Å². The maximum atomic E-state index is 12.6. The molecule has 0 unspecified atom stereocenters. The zero-order valence-electron chi connectivity index (χ0n) is 28.2. The lowest BCUT2D eigenvalue weighted by molar-refractivity contribution is 0.0240. The number of piperazine rings is 1. The molecule has 7 rings (SSSR count). The van der Waals surface area contributed by atoms with E-state index in [0.717, 1.165) is 52.9 Å². The quantitative estimate of drug-likeness (QED) is 0.293. The molecular weight excluding hydrogens is 624 g/mol. The number of hydrogen-bond acceptors (Lipinski definition) is 11. The van der Waals surface area contributed by atoms with Crippen LogP contribution in [0.2, 0.25) is 0 Å². The molecule has 14 heteroatoms. The molecule has 0 radical (unpaired) electrons. The number of aromatic nitrogens is 6. The molecule has 1 saturated heterocycles. The third-order valence-electron chi connectivity index (χ3n) is 8.45. The van der Waals surface area contributed by atoms with Gasteiger partial charge in [-0.1, -0.05) is 12.1 Å². The summed E-state index contributed by atoms with van der Waals surface area (Å²) in [6.07, 6.45) is 4.78. The van der Waals surface area contributed by atoms with Crippen molar-refractivity contribution in [2.45, 2.75) is 39.8 Å². The van der Waals surface area contributed by atoms with Crippen LogP contribution in [-0.4, -0.2) is 85.5 Å². The highest BCUT2D eigenvalue weighted by molar-refractivity contribution is 5.82. The molecule has 0 bridgehead atoms. The molecule has 49 heavy (non-hydrogen) atoms. The van der Waals surface area contributed by atoms with Crippen LogP contribution in [0.5, 0.6) is 5.88 Å². The predicted molar refractivity (Wildman–Crippen MR) is 185 cm³/mol. The fraction of sp³-hybridized carbons (Fsp3) is 0.343. The van der Waals surface area contributed by atoms with Crippen LogP contribution in [-0.2, 0) is 11.3 Å². The minimum atomic E-state index is -0.533. The van der Waals surface area contributed by atoms with Gasteiger partial charge in [0.05, 0.1) is 7.11 Å². The first-order valence-corrected chi connectivity index (χ1v) is 16.2. The smallest absolute Gasteiger partial charge is 0.410 e. The molecule has 0 saturated carbocycles. The molecule has 1 N–H and O–H groups in total. The number of rotatable bonds is 5. The van der Waals surface area contributed by atoms with Crippen molar-refractivity contribution in [2.75, 3.05) is 50.1 Å². The van der Waals surface area contributed by atoms with E-state index in [4.69, 9.17) is 24.4 Å². The Morgan fingerprint density at radius 1 is 0.959 bits per heavy atom. The number of nitrogens with zero attached hydrogens (tertiary/aromatic N) is 9. The van der Waals surface area contributed by atoms with Gasteiger partial charge in [0.15, 0.2) is 0 Å². The number of methoxy groups -OCH3 is 1. The van der Waals surface area contributed by atoms with Crippen LogP contribution in [0.4, 0.5) is 22.1 Å². The third kappa shape index (κ3) is 6.41. The number of ether oxygens (including phenoxy) is 2. The van der Waals surface area contributed by atoms with Gasteiger partial charge in [-0.3, -0.25) is 14.3 Å². The van der Waals surface area contributed by atoms with E-state index in [0.29, 0.717) is 49.1 Å². The number of nitrogens with one attached hydrogen (secondary N) is 1. The number of benzene rings is 1. The van der Waals surface area contributed by atoms with Gasteiger partial charge in [0.25, 0.3) is 11.2 Å². The van der Waals surface area contributed by atoms with Crippen LogP contribution in [0, 0.1) is 6.92 Å². The van der Waals surface area contributed by atoms with Crippen LogP contribution in [0.1, 0.15) is 26.5 Å². The van der Waals surface area contributed by atoms with Gasteiger partial charge >= 0.3 is 6.09 Å². The highest BCUT2D eigenvalue weighted by Gasteiger charge is 2.27. The van der Waals surface area contributed by atoms with E-state index in [-0.39, 0.29) is 11.7 Å². The predicted octanol–water partition coefficient (Wildman–Crippen LogP) is 4.02. The molecule has 3 aromatic rings. The fourth-order valence-corrected chi connectivity index (χ4v) is 6.04. The van der Waals surface area contributed by atoms with Crippen LogP contribution in [0.3, 0.4) is 0 Å². The number of aryl methyl sites for hydroxylation is 1. The lowest BCUT2D eigenvalue weighted by Gasteiger charge is -2.36. The minimum Gasteiger partial charge on any atom is -0.479 e. The summed E-state index contributed by atoms with van der Waals surface area (Å²) in [5.74, 6) is 2.82. The van der Waals surface area contributed by atoms with E-state index in [1.165, 1.54) is 0 Å². The van der Waals surface area contributed by atoms with Crippen LogP contribution < -0.4 is 26.1 Å². The Hall–Kier alpha value is -5.79. The lowest BCUT2D eigenvalue weighted by Crippen LogP contribution is -2.50. The van der Waals surface area contributed by atoms with Gasteiger partial charge in [-0.15, -0.1) is 0 Å². The third-order valence-corrected chi connectivity index (χ3v) is 8.45. The Kier molecular flexibility index (Phi) is 8.22. The molecule has 4 aliphatic heterocycles. The molecular formula is C35H38N10O4. The van der Waals surface area contributed by atoms with Gasteiger partial charge in [-0.25, -0.2) is 14.8 Å². The van der Waals surface area contributed by atoms with E-state index >= 15 is 0 Å². The maximum absolute atomic E-state index is 12.6. The van der Waals surface area contributed by atoms with E-state index in [9.17, 15) is 9.59 Å². The standard InChI is InChI=1S/C35H38N10O4/c1-22-32(46)44(14-12-36-22)25-8-6-23(7-9-25)26-20-24-21-38-33(41-29(24)45-15-13-37-30(26)45)39-27-10-11-28(40-31(27)48-5)42-16-18-43(19-17-42)34(47)49-35(2,3)4/h6-12,14,20-21,37H,13,15-19H2,1-5H3. The SMILES string of the molecule is COc1nc(N2CCN(C(=O)OC(C)(C)C)CC2)ccc1N=c1ncc2cc(-c3ccc(-n4ccnc(C)c4=O)cc3)c3n(c-2n1)CCN3. The van der Waals surface area contributed by atoms with Crippen molar-refractivity contribution in [3.8, 4) is 34.1 Å². The van der Waals surface area contributed by atoms with Crippen molar-refractivity contribution < 1.29 is 14.3 Å². The molecule has 4 aliphatic rings. The number of carbonyl (C=O) groups is 1. The van der Waals surface area contributed by atoms with Gasteiger partial charge < -0.3 is 29.2 Å². The Morgan fingerprint density at radius 2 is 1.73 bits per heavy atom. The summed E-state index contributed by atoms with van der Waals surface area (Å²) in [5.41, 5.74) is 4.23. The summed E-state index contributed by atoms with van der Waals surface area (Å²) >= 11 is 0. The van der Waals surface area contributed by atoms with Crippen molar-refractivity contribution in [3.05, 3.63) is 82.7 Å². The molecule has 1 aromatic carbocycles. The highest BCUT2D eigenvalue weighted by Crippen LogP contribution is 2.37. The normalized spacial score (nSPS) is 14.9. The summed E-state index contributed by atoms with van der Waals surface area (Å²) in [4.78, 5) is 51.8. The Labute approximate surface area is 283 Å². The summed E-state index contributed by atoms with van der Waals surface area (Å²) in [5, 5.41) is 3.51. The molecule has 252 valence electrons. The van der Waals surface area contributed by atoms with Gasteiger partial charge in [-0.05, 0) is 63.6 Å². The lowest BCUT2D eigenvalue weighted by atomic mass is 10.0. The van der Waals surface area contributed by atoms with Gasteiger partial charge in [0.2, 0.25) is 5.88 Å². The Bertz CT molecular complexity index is 2130. The van der Waals surface area contributed by atoms with Crippen molar-refractivity contribution in [1.82, 2.24) is 34.0 Å². The molecule has 1 amide bonds. The second kappa shape index (κ2) is 12.7. The average molecular weight is 663 g/mol.